The highest BCUT2D eigenvalue weighted by Gasteiger charge is 2.41. The minimum atomic E-state index is 0.166. The van der Waals surface area contributed by atoms with E-state index in [0.717, 1.165) is 66.3 Å². The monoisotopic (exact) mass is 782 g/mol. The molecular weight excluding hydrogens is 733 g/mol. The third-order valence-corrected chi connectivity index (χ3v) is 13.3. The second kappa shape index (κ2) is 13.1. The molecule has 0 aliphatic heterocycles. The second-order valence-electron chi connectivity index (χ2n) is 19.1. The first-order valence-corrected chi connectivity index (χ1v) is 21.5. The molecule has 0 amide bonds. The average molecular weight is 783 g/mol. The zero-order chi connectivity index (χ0) is 41.2. The van der Waals surface area contributed by atoms with E-state index >= 15 is 0 Å². The van der Waals surface area contributed by atoms with Crippen molar-refractivity contribution >= 4 is 54.9 Å². The number of hydrogen-bond acceptors (Lipinski definition) is 3. The van der Waals surface area contributed by atoms with Gasteiger partial charge in [-0.25, -0.2) is 4.98 Å². The van der Waals surface area contributed by atoms with Gasteiger partial charge in [0.25, 0.3) is 0 Å². The van der Waals surface area contributed by atoms with Crippen LogP contribution >= 0.6 is 0 Å². The lowest BCUT2D eigenvalue weighted by molar-refractivity contribution is 0.403. The number of aromatic nitrogens is 2. The highest BCUT2D eigenvalue weighted by atomic mass is 16.3. The maximum Gasteiger partial charge on any atom is 0.149 e. The van der Waals surface area contributed by atoms with Crippen LogP contribution in [0.5, 0.6) is 0 Å². The van der Waals surface area contributed by atoms with Crippen LogP contribution in [0.3, 0.4) is 0 Å². The van der Waals surface area contributed by atoms with E-state index in [4.69, 9.17) is 13.8 Å². The number of nitrogens with zero attached hydrogens (tertiary/aromatic N) is 2. The highest BCUT2D eigenvalue weighted by molar-refractivity contribution is 6.16. The van der Waals surface area contributed by atoms with Gasteiger partial charge in [0.1, 0.15) is 28.2 Å². The molecule has 0 fully saturated rings. The Morgan fingerprint density at radius 1 is 0.517 bits per heavy atom. The van der Waals surface area contributed by atoms with Crippen LogP contribution in [0.4, 0.5) is 0 Å². The SMILES string of the molecule is CC(C)c1cc(-c2ccc(-c3ccc4c(c3)C(C)(C)CC4(C)C)cc2)cc(C(C)C)c1-n1c(-c2cccc3c2oc2cc4c(cc23)oc2ccccc24)nc2ccccc21. The summed E-state index contributed by atoms with van der Waals surface area (Å²) < 4.78 is 15.6. The van der Waals surface area contributed by atoms with Gasteiger partial charge in [-0.3, -0.25) is 4.57 Å². The molecule has 3 aromatic heterocycles. The predicted octanol–water partition coefficient (Wildman–Crippen LogP) is 16.0. The maximum absolute atomic E-state index is 6.87. The average Bonchev–Trinajstić information content (AvgIpc) is 3.96. The number of hydrogen-bond donors (Lipinski definition) is 0. The van der Waals surface area contributed by atoms with Crippen LogP contribution < -0.4 is 0 Å². The maximum atomic E-state index is 6.87. The minimum absolute atomic E-state index is 0.166. The highest BCUT2D eigenvalue weighted by Crippen LogP contribution is 2.50. The van der Waals surface area contributed by atoms with E-state index in [1.165, 1.54) is 56.6 Å². The van der Waals surface area contributed by atoms with Crippen molar-refractivity contribution in [1.29, 1.82) is 0 Å². The standard InChI is InChI=1S/C56H50N2O2/c1-32(2)41-26-37(35-22-20-34(21-23-35)36-24-25-45-46(28-36)56(7,8)31-55(45,5)6)27-42(33(3)4)52(41)58-48-18-11-10-17-47(48)57-54(58)40-16-13-15-39-44-30-50-43(29-51(44)60-53(39)40)38-14-9-12-19-49(38)59-50/h9-30,32-33H,31H2,1-8H3. The van der Waals surface area contributed by atoms with Gasteiger partial charge in [-0.1, -0.05) is 140 Å². The van der Waals surface area contributed by atoms with Gasteiger partial charge >= 0.3 is 0 Å². The third kappa shape index (κ3) is 5.53. The van der Waals surface area contributed by atoms with Crippen molar-refractivity contribution in [3.8, 4) is 39.3 Å². The molecule has 4 nitrogen and oxygen atoms in total. The molecule has 10 aromatic rings. The number of rotatable bonds is 6. The normalized spacial score (nSPS) is 14.8. The molecule has 0 atom stereocenters. The summed E-state index contributed by atoms with van der Waals surface area (Å²) in [4.78, 5) is 5.41. The summed E-state index contributed by atoms with van der Waals surface area (Å²) >= 11 is 0. The summed E-state index contributed by atoms with van der Waals surface area (Å²) in [5, 5.41) is 4.22. The molecule has 7 aromatic carbocycles. The fourth-order valence-electron chi connectivity index (χ4n) is 10.6. The molecule has 1 aliphatic carbocycles. The van der Waals surface area contributed by atoms with E-state index < -0.39 is 0 Å². The number of para-hydroxylation sites is 4. The van der Waals surface area contributed by atoms with Gasteiger partial charge in [-0.2, -0.15) is 0 Å². The van der Waals surface area contributed by atoms with E-state index in [0.29, 0.717) is 0 Å². The number of imidazole rings is 1. The van der Waals surface area contributed by atoms with Crippen molar-refractivity contribution < 1.29 is 8.83 Å². The Morgan fingerprint density at radius 3 is 1.85 bits per heavy atom. The van der Waals surface area contributed by atoms with Gasteiger partial charge in [-0.15, -0.1) is 0 Å². The van der Waals surface area contributed by atoms with E-state index in [9.17, 15) is 0 Å². The molecule has 0 unspecified atom stereocenters. The van der Waals surface area contributed by atoms with Crippen molar-refractivity contribution in [1.82, 2.24) is 9.55 Å². The van der Waals surface area contributed by atoms with Crippen molar-refractivity contribution in [2.45, 2.75) is 84.5 Å². The lowest BCUT2D eigenvalue weighted by atomic mass is 9.82. The van der Waals surface area contributed by atoms with E-state index in [1.54, 1.807) is 0 Å². The zero-order valence-electron chi connectivity index (χ0n) is 35.8. The fourth-order valence-corrected chi connectivity index (χ4v) is 10.6. The molecule has 60 heavy (non-hydrogen) atoms. The molecule has 0 N–H and O–H groups in total. The first kappa shape index (κ1) is 36.7. The molecule has 11 rings (SSSR count). The Balaban J connectivity index is 1.07. The molecule has 1 aliphatic rings. The van der Waals surface area contributed by atoms with Gasteiger partial charge in [0.2, 0.25) is 0 Å². The Bertz CT molecular complexity index is 3320. The molecule has 3 heterocycles. The zero-order valence-corrected chi connectivity index (χ0v) is 35.8. The van der Waals surface area contributed by atoms with Crippen LogP contribution in [0, 0.1) is 0 Å². The summed E-state index contributed by atoms with van der Waals surface area (Å²) in [5.41, 5.74) is 18.5. The Morgan fingerprint density at radius 2 is 1.12 bits per heavy atom. The number of furan rings is 2. The van der Waals surface area contributed by atoms with Gasteiger partial charge in [0, 0.05) is 21.5 Å². The molecular formula is C56H50N2O2. The van der Waals surface area contributed by atoms with Gasteiger partial charge in [-0.05, 0) is 122 Å². The van der Waals surface area contributed by atoms with Crippen molar-refractivity contribution in [3.05, 3.63) is 156 Å². The van der Waals surface area contributed by atoms with E-state index in [1.807, 2.05) is 12.1 Å². The molecule has 4 heteroatoms. The molecule has 0 saturated heterocycles. The van der Waals surface area contributed by atoms with Crippen molar-refractivity contribution in [3.63, 3.8) is 0 Å². The lowest BCUT2D eigenvalue weighted by Gasteiger charge is -2.24. The Kier molecular flexibility index (Phi) is 7.98. The van der Waals surface area contributed by atoms with Crippen LogP contribution in [0.2, 0.25) is 0 Å². The van der Waals surface area contributed by atoms with E-state index in [2.05, 4.69) is 181 Å². The quantitative estimate of drug-likeness (QED) is 0.169. The van der Waals surface area contributed by atoms with Crippen LogP contribution in [0.25, 0.3) is 94.2 Å². The van der Waals surface area contributed by atoms with E-state index in [-0.39, 0.29) is 22.7 Å². The predicted molar refractivity (Wildman–Crippen MR) is 251 cm³/mol. The molecule has 296 valence electrons. The number of benzene rings is 7. The first-order valence-electron chi connectivity index (χ1n) is 21.5. The summed E-state index contributed by atoms with van der Waals surface area (Å²) in [5.74, 6) is 1.37. The molecule has 0 saturated carbocycles. The van der Waals surface area contributed by atoms with Gasteiger partial charge in [0.05, 0.1) is 22.3 Å². The smallest absolute Gasteiger partial charge is 0.149 e. The second-order valence-corrected chi connectivity index (χ2v) is 19.1. The fraction of sp³-hybridized carbons (Fsp3) is 0.232. The molecule has 0 bridgehead atoms. The van der Waals surface area contributed by atoms with Crippen LogP contribution in [0.1, 0.15) is 95.9 Å². The molecule has 0 radical (unpaired) electrons. The lowest BCUT2D eigenvalue weighted by Crippen LogP contribution is -2.17. The topological polar surface area (TPSA) is 44.1 Å². The third-order valence-electron chi connectivity index (χ3n) is 13.3. The summed E-state index contributed by atoms with van der Waals surface area (Å²) in [6.45, 7) is 18.8. The van der Waals surface area contributed by atoms with Crippen molar-refractivity contribution in [2.24, 2.45) is 0 Å². The minimum Gasteiger partial charge on any atom is -0.456 e. The van der Waals surface area contributed by atoms with Crippen LogP contribution in [-0.2, 0) is 10.8 Å². The molecule has 0 spiro atoms. The van der Waals surface area contributed by atoms with Crippen LogP contribution in [0.15, 0.2) is 142 Å². The van der Waals surface area contributed by atoms with Gasteiger partial charge in [0.15, 0.2) is 0 Å². The van der Waals surface area contributed by atoms with Crippen molar-refractivity contribution in [2.75, 3.05) is 0 Å². The van der Waals surface area contributed by atoms with Crippen LogP contribution in [-0.4, -0.2) is 9.55 Å². The Labute approximate surface area is 351 Å². The summed E-state index contributed by atoms with van der Waals surface area (Å²) in [6.07, 6.45) is 1.17. The van der Waals surface area contributed by atoms with Gasteiger partial charge < -0.3 is 8.83 Å². The summed E-state index contributed by atoms with van der Waals surface area (Å²) in [6, 6.07) is 48.6. The Hall–Kier alpha value is -6.39. The largest absolute Gasteiger partial charge is 0.456 e. The number of fused-ring (bicyclic) bond motifs is 8. The first-order chi connectivity index (χ1) is 28.9. The summed E-state index contributed by atoms with van der Waals surface area (Å²) in [7, 11) is 0.